The molecule has 2 N–H and O–H groups in total. The Bertz CT molecular complexity index is 344. The van der Waals surface area contributed by atoms with Gasteiger partial charge >= 0.3 is 7.12 Å². The van der Waals surface area contributed by atoms with Gasteiger partial charge in [0.25, 0.3) is 0 Å². The van der Waals surface area contributed by atoms with Gasteiger partial charge in [0.05, 0.1) is 0 Å². The smallest absolute Gasteiger partial charge is 0.423 e. The molecule has 0 heterocycles. The first kappa shape index (κ1) is 14.2. The van der Waals surface area contributed by atoms with Gasteiger partial charge < -0.3 is 14.9 Å². The van der Waals surface area contributed by atoms with E-state index in [0.29, 0.717) is 11.4 Å². The average Bonchev–Trinajstić information content (AvgIpc) is 2.28. The van der Waals surface area contributed by atoms with Gasteiger partial charge in [-0.2, -0.15) is 0 Å². The Balaban J connectivity index is 2.58. The van der Waals surface area contributed by atoms with Crippen molar-refractivity contribution in [2.75, 3.05) is 13.6 Å². The van der Waals surface area contributed by atoms with Crippen LogP contribution < -0.4 is 5.46 Å². The largest absolute Gasteiger partial charge is 0.488 e. The van der Waals surface area contributed by atoms with Crippen LogP contribution in [0.25, 0.3) is 0 Å². The van der Waals surface area contributed by atoms with Gasteiger partial charge in [-0.3, -0.25) is 0 Å². The molecule has 17 heavy (non-hydrogen) atoms. The fourth-order valence-corrected chi connectivity index (χ4v) is 1.89. The SMILES string of the molecule is CCC(C)CN(C)Cc1cccc(B(O)O)c1. The highest BCUT2D eigenvalue weighted by molar-refractivity contribution is 6.58. The fourth-order valence-electron chi connectivity index (χ4n) is 1.89. The third-order valence-corrected chi connectivity index (χ3v) is 3.02. The summed E-state index contributed by atoms with van der Waals surface area (Å²) in [5, 5.41) is 18.2. The van der Waals surface area contributed by atoms with Crippen LogP contribution in [0.15, 0.2) is 24.3 Å². The minimum atomic E-state index is -1.38. The molecule has 94 valence electrons. The Hall–Kier alpha value is -0.835. The van der Waals surface area contributed by atoms with Gasteiger partial charge in [-0.05, 0) is 24.0 Å². The van der Waals surface area contributed by atoms with Gasteiger partial charge in [0.1, 0.15) is 0 Å². The number of hydrogen-bond donors (Lipinski definition) is 2. The zero-order valence-electron chi connectivity index (χ0n) is 10.9. The molecule has 1 aromatic rings. The lowest BCUT2D eigenvalue weighted by Gasteiger charge is -2.20. The van der Waals surface area contributed by atoms with Crippen molar-refractivity contribution in [3.05, 3.63) is 29.8 Å². The highest BCUT2D eigenvalue weighted by Crippen LogP contribution is 2.07. The molecule has 0 spiro atoms. The van der Waals surface area contributed by atoms with E-state index in [2.05, 4.69) is 25.8 Å². The molecule has 1 unspecified atom stereocenters. The van der Waals surface area contributed by atoms with Crippen LogP contribution in [0.1, 0.15) is 25.8 Å². The molecule has 0 fully saturated rings. The Morgan fingerprint density at radius 3 is 2.65 bits per heavy atom. The summed E-state index contributed by atoms with van der Waals surface area (Å²) in [6.07, 6.45) is 1.18. The minimum absolute atomic E-state index is 0.555. The van der Waals surface area contributed by atoms with Crippen molar-refractivity contribution in [2.45, 2.75) is 26.8 Å². The van der Waals surface area contributed by atoms with Gasteiger partial charge in [-0.15, -0.1) is 0 Å². The Morgan fingerprint density at radius 1 is 1.35 bits per heavy atom. The molecule has 0 saturated heterocycles. The lowest BCUT2D eigenvalue weighted by atomic mass is 9.79. The van der Waals surface area contributed by atoms with Gasteiger partial charge in [0.2, 0.25) is 0 Å². The molecule has 0 aromatic heterocycles. The average molecular weight is 235 g/mol. The fraction of sp³-hybridized carbons (Fsp3) is 0.538. The van der Waals surface area contributed by atoms with E-state index in [1.165, 1.54) is 6.42 Å². The molecule has 4 heteroatoms. The van der Waals surface area contributed by atoms with Crippen LogP contribution in [0, 0.1) is 5.92 Å². The summed E-state index contributed by atoms with van der Waals surface area (Å²) in [4.78, 5) is 2.26. The summed E-state index contributed by atoms with van der Waals surface area (Å²) in [7, 11) is 0.712. The molecule has 1 rings (SSSR count). The first-order chi connectivity index (χ1) is 8.02. The lowest BCUT2D eigenvalue weighted by molar-refractivity contribution is 0.275. The molecule has 0 saturated carbocycles. The van der Waals surface area contributed by atoms with Gasteiger partial charge in [0, 0.05) is 13.1 Å². The van der Waals surface area contributed by atoms with Crippen LogP contribution in [0.2, 0.25) is 0 Å². The van der Waals surface area contributed by atoms with Crippen molar-refractivity contribution in [1.82, 2.24) is 4.90 Å². The molecule has 0 amide bonds. The van der Waals surface area contributed by atoms with Crippen molar-refractivity contribution < 1.29 is 10.0 Å². The summed E-state index contributed by atoms with van der Waals surface area (Å²) in [5.41, 5.74) is 1.67. The molecule has 0 aliphatic heterocycles. The van der Waals surface area contributed by atoms with Crippen LogP contribution >= 0.6 is 0 Å². The maximum Gasteiger partial charge on any atom is 0.488 e. The molecule has 1 aromatic carbocycles. The first-order valence-corrected chi connectivity index (χ1v) is 6.16. The summed E-state index contributed by atoms with van der Waals surface area (Å²) >= 11 is 0. The number of nitrogens with zero attached hydrogens (tertiary/aromatic N) is 1. The van der Waals surface area contributed by atoms with Gasteiger partial charge in [0.15, 0.2) is 0 Å². The summed E-state index contributed by atoms with van der Waals surface area (Å²) in [6.45, 7) is 6.33. The van der Waals surface area contributed by atoms with Crippen molar-refractivity contribution in [2.24, 2.45) is 5.92 Å². The molecular weight excluding hydrogens is 213 g/mol. The van der Waals surface area contributed by atoms with Crippen LogP contribution in [-0.2, 0) is 6.54 Å². The van der Waals surface area contributed by atoms with Crippen molar-refractivity contribution in [3.63, 3.8) is 0 Å². The quantitative estimate of drug-likeness (QED) is 0.718. The van der Waals surface area contributed by atoms with Gasteiger partial charge in [-0.1, -0.05) is 44.5 Å². The molecule has 0 bridgehead atoms. The summed E-state index contributed by atoms with van der Waals surface area (Å²) in [6, 6.07) is 7.45. The molecule has 0 radical (unpaired) electrons. The molecule has 1 atom stereocenters. The van der Waals surface area contributed by atoms with E-state index in [0.717, 1.165) is 18.7 Å². The van der Waals surface area contributed by atoms with Crippen molar-refractivity contribution in [1.29, 1.82) is 0 Å². The third kappa shape index (κ3) is 4.90. The van der Waals surface area contributed by atoms with E-state index in [1.54, 1.807) is 6.07 Å². The zero-order valence-corrected chi connectivity index (χ0v) is 10.9. The Labute approximate surface area is 104 Å². The minimum Gasteiger partial charge on any atom is -0.423 e. The van der Waals surface area contributed by atoms with E-state index < -0.39 is 7.12 Å². The maximum absolute atomic E-state index is 9.11. The normalized spacial score (nSPS) is 12.8. The van der Waals surface area contributed by atoms with Crippen LogP contribution in [0.3, 0.4) is 0 Å². The predicted molar refractivity (Wildman–Crippen MR) is 72.1 cm³/mol. The highest BCUT2D eigenvalue weighted by atomic mass is 16.4. The second-order valence-electron chi connectivity index (χ2n) is 4.83. The molecule has 0 aliphatic carbocycles. The molecular formula is C13H22BNO2. The standard InChI is InChI=1S/C13H22BNO2/c1-4-11(2)9-15(3)10-12-6-5-7-13(8-12)14(16)17/h5-8,11,16-17H,4,9-10H2,1-3H3. The van der Waals surface area contributed by atoms with Crippen molar-refractivity contribution in [3.8, 4) is 0 Å². The summed E-state index contributed by atoms with van der Waals surface area (Å²) in [5.74, 6) is 0.687. The zero-order chi connectivity index (χ0) is 12.8. The maximum atomic E-state index is 9.11. The molecule has 0 aliphatic rings. The van der Waals surface area contributed by atoms with E-state index >= 15 is 0 Å². The first-order valence-electron chi connectivity index (χ1n) is 6.16. The topological polar surface area (TPSA) is 43.7 Å². The number of benzene rings is 1. The highest BCUT2D eigenvalue weighted by Gasteiger charge is 2.11. The second kappa shape index (κ2) is 6.79. The van der Waals surface area contributed by atoms with Gasteiger partial charge in [-0.25, -0.2) is 0 Å². The van der Waals surface area contributed by atoms with Crippen LogP contribution in [-0.4, -0.2) is 35.7 Å². The van der Waals surface area contributed by atoms with Crippen molar-refractivity contribution >= 4 is 12.6 Å². The van der Waals surface area contributed by atoms with Crippen LogP contribution in [0.5, 0.6) is 0 Å². The number of hydrogen-bond acceptors (Lipinski definition) is 3. The Kier molecular flexibility index (Phi) is 5.68. The van der Waals surface area contributed by atoms with Crippen LogP contribution in [0.4, 0.5) is 0 Å². The summed E-state index contributed by atoms with van der Waals surface area (Å²) < 4.78 is 0. The van der Waals surface area contributed by atoms with E-state index in [1.807, 2.05) is 18.2 Å². The third-order valence-electron chi connectivity index (χ3n) is 3.02. The van der Waals surface area contributed by atoms with E-state index in [-0.39, 0.29) is 0 Å². The Morgan fingerprint density at radius 2 is 2.06 bits per heavy atom. The predicted octanol–water partition coefficient (Wildman–Crippen LogP) is 0.844. The van der Waals surface area contributed by atoms with E-state index in [9.17, 15) is 0 Å². The monoisotopic (exact) mass is 235 g/mol. The van der Waals surface area contributed by atoms with E-state index in [4.69, 9.17) is 10.0 Å². The lowest BCUT2D eigenvalue weighted by Crippen LogP contribution is -2.30. The number of rotatable bonds is 6. The second-order valence-corrected chi connectivity index (χ2v) is 4.83. The molecule has 3 nitrogen and oxygen atoms in total.